The zero-order valence-corrected chi connectivity index (χ0v) is 11.9. The Morgan fingerprint density at radius 3 is 2.59 bits per heavy atom. The summed E-state index contributed by atoms with van der Waals surface area (Å²) in [6, 6.07) is 1.24. The standard InChI is InChI=1S/C15H30N2/c1-4-13-7-5-6-10-17(13)11-12-8-9-15(2,3)14(12)16/h12-14H,4-11,16H2,1-3H3. The van der Waals surface area contributed by atoms with Crippen LogP contribution in [0, 0.1) is 11.3 Å². The van der Waals surface area contributed by atoms with Gasteiger partial charge in [-0.1, -0.05) is 27.2 Å². The molecule has 17 heavy (non-hydrogen) atoms. The Kier molecular flexibility index (Phi) is 4.14. The third-order valence-electron chi connectivity index (χ3n) is 5.26. The number of likely N-dealkylation sites (tertiary alicyclic amines) is 1. The lowest BCUT2D eigenvalue weighted by molar-refractivity contribution is 0.114. The fourth-order valence-electron chi connectivity index (χ4n) is 3.81. The second kappa shape index (κ2) is 5.27. The highest BCUT2D eigenvalue weighted by Crippen LogP contribution is 2.40. The molecule has 0 aromatic rings. The van der Waals surface area contributed by atoms with Crippen LogP contribution in [0.15, 0.2) is 0 Å². The van der Waals surface area contributed by atoms with Gasteiger partial charge >= 0.3 is 0 Å². The Hall–Kier alpha value is -0.0800. The van der Waals surface area contributed by atoms with Crippen LogP contribution in [0.25, 0.3) is 0 Å². The number of rotatable bonds is 3. The van der Waals surface area contributed by atoms with Crippen LogP contribution >= 0.6 is 0 Å². The number of piperidine rings is 1. The lowest BCUT2D eigenvalue weighted by atomic mass is 9.85. The summed E-state index contributed by atoms with van der Waals surface area (Å²) in [5, 5.41) is 0. The SMILES string of the molecule is CCC1CCCCN1CC1CCC(C)(C)C1N. The van der Waals surface area contributed by atoms with Gasteiger partial charge in [0.25, 0.3) is 0 Å². The molecule has 0 aromatic carbocycles. The Morgan fingerprint density at radius 2 is 2.00 bits per heavy atom. The van der Waals surface area contributed by atoms with Crippen molar-refractivity contribution in [1.82, 2.24) is 4.90 Å². The smallest absolute Gasteiger partial charge is 0.0131 e. The topological polar surface area (TPSA) is 29.3 Å². The maximum atomic E-state index is 6.43. The van der Waals surface area contributed by atoms with E-state index in [9.17, 15) is 0 Å². The summed E-state index contributed by atoms with van der Waals surface area (Å²) in [6.45, 7) is 9.57. The van der Waals surface area contributed by atoms with Crippen molar-refractivity contribution in [1.29, 1.82) is 0 Å². The van der Waals surface area contributed by atoms with Gasteiger partial charge in [0.15, 0.2) is 0 Å². The monoisotopic (exact) mass is 238 g/mol. The van der Waals surface area contributed by atoms with Gasteiger partial charge in [0, 0.05) is 18.6 Å². The number of nitrogens with two attached hydrogens (primary N) is 1. The van der Waals surface area contributed by atoms with Crippen LogP contribution < -0.4 is 5.73 Å². The summed E-state index contributed by atoms with van der Waals surface area (Å²) >= 11 is 0. The molecule has 2 aliphatic rings. The molecule has 2 heteroatoms. The Morgan fingerprint density at radius 1 is 1.24 bits per heavy atom. The zero-order chi connectivity index (χ0) is 12.5. The molecule has 100 valence electrons. The molecule has 0 radical (unpaired) electrons. The van der Waals surface area contributed by atoms with E-state index in [-0.39, 0.29) is 0 Å². The molecule has 1 saturated carbocycles. The van der Waals surface area contributed by atoms with Crippen molar-refractivity contribution in [3.8, 4) is 0 Å². The van der Waals surface area contributed by atoms with Crippen molar-refractivity contribution in [3.63, 3.8) is 0 Å². The van der Waals surface area contributed by atoms with Crippen LogP contribution in [0.4, 0.5) is 0 Å². The minimum atomic E-state index is 0.363. The highest BCUT2D eigenvalue weighted by atomic mass is 15.2. The van der Waals surface area contributed by atoms with E-state index < -0.39 is 0 Å². The molecule has 2 rings (SSSR count). The van der Waals surface area contributed by atoms with E-state index in [4.69, 9.17) is 5.73 Å². The summed E-state index contributed by atoms with van der Waals surface area (Å²) < 4.78 is 0. The maximum absolute atomic E-state index is 6.43. The lowest BCUT2D eigenvalue weighted by Crippen LogP contribution is -2.46. The molecule has 1 aliphatic carbocycles. The third-order valence-corrected chi connectivity index (χ3v) is 5.26. The fourth-order valence-corrected chi connectivity index (χ4v) is 3.81. The van der Waals surface area contributed by atoms with E-state index in [2.05, 4.69) is 25.7 Å². The number of nitrogens with zero attached hydrogens (tertiary/aromatic N) is 1. The van der Waals surface area contributed by atoms with Gasteiger partial charge in [-0.25, -0.2) is 0 Å². The van der Waals surface area contributed by atoms with Gasteiger partial charge in [0.05, 0.1) is 0 Å². The van der Waals surface area contributed by atoms with E-state index in [0.29, 0.717) is 11.5 Å². The average molecular weight is 238 g/mol. The molecule has 0 aromatic heterocycles. The first-order valence-electron chi connectivity index (χ1n) is 7.54. The molecule has 0 spiro atoms. The molecule has 0 bridgehead atoms. The summed E-state index contributed by atoms with van der Waals surface area (Å²) in [6.07, 6.45) is 8.18. The number of hydrogen-bond acceptors (Lipinski definition) is 2. The first-order valence-corrected chi connectivity index (χ1v) is 7.54. The third kappa shape index (κ3) is 2.85. The minimum Gasteiger partial charge on any atom is -0.327 e. The van der Waals surface area contributed by atoms with Gasteiger partial charge in [-0.15, -0.1) is 0 Å². The van der Waals surface area contributed by atoms with E-state index in [1.165, 1.54) is 51.6 Å². The molecular formula is C15H30N2. The normalized spacial score (nSPS) is 38.5. The van der Waals surface area contributed by atoms with Crippen molar-refractivity contribution >= 4 is 0 Å². The van der Waals surface area contributed by atoms with Crippen molar-refractivity contribution < 1.29 is 0 Å². The molecular weight excluding hydrogens is 208 g/mol. The quantitative estimate of drug-likeness (QED) is 0.819. The highest BCUT2D eigenvalue weighted by Gasteiger charge is 2.40. The molecule has 2 N–H and O–H groups in total. The van der Waals surface area contributed by atoms with Crippen LogP contribution in [-0.2, 0) is 0 Å². The van der Waals surface area contributed by atoms with Crippen LogP contribution in [0.1, 0.15) is 59.3 Å². The zero-order valence-electron chi connectivity index (χ0n) is 11.9. The highest BCUT2D eigenvalue weighted by molar-refractivity contribution is 4.95. The van der Waals surface area contributed by atoms with Crippen LogP contribution in [-0.4, -0.2) is 30.1 Å². The Bertz CT molecular complexity index is 249. The van der Waals surface area contributed by atoms with Gasteiger partial charge < -0.3 is 10.6 Å². The number of hydrogen-bond donors (Lipinski definition) is 1. The molecule has 1 aliphatic heterocycles. The molecule has 1 heterocycles. The Labute approximate surface area is 107 Å². The Balaban J connectivity index is 1.92. The molecule has 2 fully saturated rings. The van der Waals surface area contributed by atoms with E-state index in [0.717, 1.165) is 12.0 Å². The fraction of sp³-hybridized carbons (Fsp3) is 1.00. The van der Waals surface area contributed by atoms with Gasteiger partial charge in [-0.2, -0.15) is 0 Å². The molecule has 3 atom stereocenters. The maximum Gasteiger partial charge on any atom is 0.0131 e. The first-order chi connectivity index (χ1) is 8.04. The molecule has 3 unspecified atom stereocenters. The van der Waals surface area contributed by atoms with Crippen molar-refractivity contribution in [2.75, 3.05) is 13.1 Å². The second-order valence-electron chi connectivity index (χ2n) is 6.87. The summed E-state index contributed by atoms with van der Waals surface area (Å²) in [5.41, 5.74) is 6.80. The van der Waals surface area contributed by atoms with Crippen molar-refractivity contribution in [2.24, 2.45) is 17.1 Å². The minimum absolute atomic E-state index is 0.363. The first kappa shape index (κ1) is 13.4. The largest absolute Gasteiger partial charge is 0.327 e. The summed E-state index contributed by atoms with van der Waals surface area (Å²) in [5.74, 6) is 0.733. The summed E-state index contributed by atoms with van der Waals surface area (Å²) in [7, 11) is 0. The second-order valence-corrected chi connectivity index (χ2v) is 6.87. The average Bonchev–Trinajstić information content (AvgIpc) is 2.57. The van der Waals surface area contributed by atoms with Gasteiger partial charge in [-0.3, -0.25) is 0 Å². The van der Waals surface area contributed by atoms with Crippen molar-refractivity contribution in [2.45, 2.75) is 71.4 Å². The van der Waals surface area contributed by atoms with E-state index in [1.807, 2.05) is 0 Å². The van der Waals surface area contributed by atoms with Gasteiger partial charge in [0.2, 0.25) is 0 Å². The molecule has 0 amide bonds. The summed E-state index contributed by atoms with van der Waals surface area (Å²) in [4.78, 5) is 2.73. The molecule has 1 saturated heterocycles. The lowest BCUT2D eigenvalue weighted by Gasteiger charge is -2.38. The van der Waals surface area contributed by atoms with E-state index in [1.54, 1.807) is 0 Å². The van der Waals surface area contributed by atoms with E-state index >= 15 is 0 Å². The predicted octanol–water partition coefficient (Wildman–Crippen LogP) is 3.01. The van der Waals surface area contributed by atoms with Crippen LogP contribution in [0.5, 0.6) is 0 Å². The predicted molar refractivity (Wildman–Crippen MR) is 74.0 cm³/mol. The van der Waals surface area contributed by atoms with Gasteiger partial charge in [0.1, 0.15) is 0 Å². The van der Waals surface area contributed by atoms with Crippen LogP contribution in [0.3, 0.4) is 0 Å². The van der Waals surface area contributed by atoms with Crippen LogP contribution in [0.2, 0.25) is 0 Å². The molecule has 2 nitrogen and oxygen atoms in total. The van der Waals surface area contributed by atoms with Crippen molar-refractivity contribution in [3.05, 3.63) is 0 Å². The van der Waals surface area contributed by atoms with Gasteiger partial charge in [-0.05, 0) is 50.0 Å².